The van der Waals surface area contributed by atoms with E-state index in [9.17, 15) is 26.0 Å². The van der Waals surface area contributed by atoms with E-state index in [1.54, 1.807) is 6.07 Å². The SMILES string of the molecule is O=S1(=O)NCc2c1ccc(Nc1cc([C@H]3CC[C@@H](Oc4cc(C(F)(F)F)[nH]n4)C3)[nH]n1)c2F. The zero-order valence-corrected chi connectivity index (χ0v) is 17.6. The summed E-state index contributed by atoms with van der Waals surface area (Å²) in [6, 6.07) is 5.22. The van der Waals surface area contributed by atoms with Crippen molar-refractivity contribution in [3.63, 3.8) is 0 Å². The highest BCUT2D eigenvalue weighted by molar-refractivity contribution is 7.89. The van der Waals surface area contributed by atoms with Crippen molar-refractivity contribution in [1.29, 1.82) is 0 Å². The molecule has 0 bridgehead atoms. The fourth-order valence-electron chi connectivity index (χ4n) is 4.12. The summed E-state index contributed by atoms with van der Waals surface area (Å²) in [7, 11) is -3.67. The molecule has 4 N–H and O–H groups in total. The summed E-state index contributed by atoms with van der Waals surface area (Å²) in [5.41, 5.74) is -0.0353. The van der Waals surface area contributed by atoms with Gasteiger partial charge < -0.3 is 10.1 Å². The molecule has 0 saturated heterocycles. The lowest BCUT2D eigenvalue weighted by atomic mass is 10.0. The highest BCUT2D eigenvalue weighted by atomic mass is 32.2. The third-order valence-electron chi connectivity index (χ3n) is 5.76. The maximum Gasteiger partial charge on any atom is 0.432 e. The van der Waals surface area contributed by atoms with Crippen LogP contribution in [0, 0.1) is 5.82 Å². The van der Waals surface area contributed by atoms with E-state index in [0.717, 1.165) is 18.2 Å². The van der Waals surface area contributed by atoms with Crippen LogP contribution in [0.4, 0.5) is 29.1 Å². The summed E-state index contributed by atoms with van der Waals surface area (Å²) in [4.78, 5) is -0.0791. The molecule has 1 aliphatic carbocycles. The number of aromatic nitrogens is 4. The number of ether oxygens (including phenoxy) is 1. The van der Waals surface area contributed by atoms with Crippen molar-refractivity contribution >= 4 is 21.5 Å². The van der Waals surface area contributed by atoms with Crippen LogP contribution in [0.1, 0.15) is 42.1 Å². The normalized spacial score (nSPS) is 21.8. The van der Waals surface area contributed by atoms with Gasteiger partial charge in [0.2, 0.25) is 15.9 Å². The lowest BCUT2D eigenvalue weighted by Gasteiger charge is -2.11. The molecule has 9 nitrogen and oxygen atoms in total. The molecular formula is C19H18F4N6O3S. The van der Waals surface area contributed by atoms with Crippen LogP contribution >= 0.6 is 0 Å². The van der Waals surface area contributed by atoms with Gasteiger partial charge in [-0.05, 0) is 31.4 Å². The van der Waals surface area contributed by atoms with Gasteiger partial charge in [0.15, 0.2) is 11.6 Å². The summed E-state index contributed by atoms with van der Waals surface area (Å²) in [6.07, 6.45) is -2.93. The number of sulfonamides is 1. The molecule has 2 aliphatic rings. The van der Waals surface area contributed by atoms with Crippen LogP contribution in [-0.4, -0.2) is 34.9 Å². The zero-order chi connectivity index (χ0) is 23.4. The molecule has 0 radical (unpaired) electrons. The lowest BCUT2D eigenvalue weighted by molar-refractivity contribution is -0.141. The van der Waals surface area contributed by atoms with E-state index in [1.807, 2.05) is 5.10 Å². The first kappa shape index (κ1) is 21.7. The number of nitrogens with one attached hydrogen (secondary N) is 4. The van der Waals surface area contributed by atoms with E-state index < -0.39 is 27.7 Å². The molecule has 0 spiro atoms. The molecule has 2 aromatic heterocycles. The van der Waals surface area contributed by atoms with Crippen LogP contribution in [0.25, 0.3) is 0 Å². The smallest absolute Gasteiger partial charge is 0.432 e. The molecule has 3 heterocycles. The predicted molar refractivity (Wildman–Crippen MR) is 107 cm³/mol. The standard InChI is InChI=1S/C19H18F4N6O3S/c20-18-11-8-24-33(30,31)14(11)4-3-12(18)25-16-6-13(26-28-16)9-1-2-10(5-9)32-17-7-15(27-29-17)19(21,22)23/h3-4,6-7,9-10,24H,1-2,5,8H2,(H,27,29)(H2,25,26,28)/t9-,10+/m0/s1. The maximum atomic E-state index is 14.7. The molecule has 14 heteroatoms. The van der Waals surface area contributed by atoms with Crippen molar-refractivity contribution in [1.82, 2.24) is 25.1 Å². The molecule has 1 aliphatic heterocycles. The van der Waals surface area contributed by atoms with E-state index in [0.29, 0.717) is 18.7 Å². The summed E-state index contributed by atoms with van der Waals surface area (Å²) >= 11 is 0. The van der Waals surface area contributed by atoms with Crippen molar-refractivity contribution in [2.24, 2.45) is 0 Å². The van der Waals surface area contributed by atoms with Gasteiger partial charge in [0, 0.05) is 35.9 Å². The van der Waals surface area contributed by atoms with Gasteiger partial charge in [-0.3, -0.25) is 10.2 Å². The first-order chi connectivity index (χ1) is 15.6. The summed E-state index contributed by atoms with van der Waals surface area (Å²) in [5, 5.41) is 15.4. The third kappa shape index (κ3) is 4.15. The van der Waals surface area contributed by atoms with Crippen LogP contribution in [-0.2, 0) is 22.7 Å². The largest absolute Gasteiger partial charge is 0.473 e. The van der Waals surface area contributed by atoms with E-state index in [2.05, 4.69) is 25.3 Å². The maximum absolute atomic E-state index is 14.7. The molecule has 0 amide bonds. The fourth-order valence-corrected chi connectivity index (χ4v) is 5.34. The Morgan fingerprint density at radius 3 is 2.70 bits per heavy atom. The van der Waals surface area contributed by atoms with Gasteiger partial charge >= 0.3 is 6.18 Å². The van der Waals surface area contributed by atoms with Gasteiger partial charge in [0.25, 0.3) is 0 Å². The summed E-state index contributed by atoms with van der Waals surface area (Å²) < 4.78 is 84.3. The number of nitrogens with zero attached hydrogens (tertiary/aromatic N) is 2. The number of halogens is 4. The highest BCUT2D eigenvalue weighted by Gasteiger charge is 2.35. The van der Waals surface area contributed by atoms with Gasteiger partial charge in [-0.2, -0.15) is 18.3 Å². The summed E-state index contributed by atoms with van der Waals surface area (Å²) in [6.45, 7) is -0.116. The Kier molecular flexibility index (Phi) is 5.08. The second kappa shape index (κ2) is 7.73. The van der Waals surface area contributed by atoms with Gasteiger partial charge in [0.1, 0.15) is 11.8 Å². The molecule has 5 rings (SSSR count). The average Bonchev–Trinajstić information content (AvgIpc) is 3.51. The summed E-state index contributed by atoms with van der Waals surface area (Å²) in [5.74, 6) is -0.400. The number of hydrogen-bond donors (Lipinski definition) is 4. The number of alkyl halides is 3. The highest BCUT2D eigenvalue weighted by Crippen LogP contribution is 2.38. The molecule has 2 atom stereocenters. The number of hydrogen-bond acceptors (Lipinski definition) is 6. The van der Waals surface area contributed by atoms with Crippen LogP contribution in [0.15, 0.2) is 29.2 Å². The van der Waals surface area contributed by atoms with Crippen molar-refractivity contribution in [3.8, 4) is 5.88 Å². The second-order valence-electron chi connectivity index (χ2n) is 7.93. The van der Waals surface area contributed by atoms with Gasteiger partial charge in [-0.15, -0.1) is 5.10 Å². The Bertz CT molecular complexity index is 1300. The van der Waals surface area contributed by atoms with Gasteiger partial charge in [0.05, 0.1) is 10.6 Å². The Balaban J connectivity index is 1.23. The quantitative estimate of drug-likeness (QED) is 0.409. The Hall–Kier alpha value is -3.13. The van der Waals surface area contributed by atoms with Gasteiger partial charge in [-0.25, -0.2) is 17.5 Å². The van der Waals surface area contributed by atoms with E-state index in [4.69, 9.17) is 4.74 Å². The fraction of sp³-hybridized carbons (Fsp3) is 0.368. The first-order valence-electron chi connectivity index (χ1n) is 10.0. The lowest BCUT2D eigenvalue weighted by Crippen LogP contribution is -2.13. The molecule has 0 unspecified atom stereocenters. The van der Waals surface area contributed by atoms with Crippen molar-refractivity contribution in [2.75, 3.05) is 5.32 Å². The Morgan fingerprint density at radius 2 is 1.94 bits per heavy atom. The molecular weight excluding hydrogens is 468 g/mol. The predicted octanol–water partition coefficient (Wildman–Crippen LogP) is 3.54. The minimum absolute atomic E-state index is 0.0262. The zero-order valence-electron chi connectivity index (χ0n) is 16.8. The molecule has 1 saturated carbocycles. The molecule has 1 fully saturated rings. The molecule has 3 aromatic rings. The Labute approximate surface area is 185 Å². The average molecular weight is 486 g/mol. The van der Waals surface area contributed by atoms with E-state index in [-0.39, 0.29) is 40.6 Å². The number of aromatic amines is 2. The van der Waals surface area contributed by atoms with Crippen LogP contribution < -0.4 is 14.8 Å². The number of H-pyrrole nitrogens is 2. The molecule has 1 aromatic carbocycles. The first-order valence-corrected chi connectivity index (χ1v) is 11.5. The molecule has 33 heavy (non-hydrogen) atoms. The molecule has 176 valence electrons. The van der Waals surface area contributed by atoms with Crippen molar-refractivity contribution in [3.05, 3.63) is 47.0 Å². The van der Waals surface area contributed by atoms with E-state index >= 15 is 0 Å². The van der Waals surface area contributed by atoms with Gasteiger partial charge in [-0.1, -0.05) is 0 Å². The van der Waals surface area contributed by atoms with E-state index in [1.165, 1.54) is 12.1 Å². The van der Waals surface area contributed by atoms with Crippen LogP contribution in [0.2, 0.25) is 0 Å². The second-order valence-corrected chi connectivity index (χ2v) is 9.66. The minimum atomic E-state index is -4.52. The monoisotopic (exact) mass is 486 g/mol. The number of benzene rings is 1. The number of rotatable bonds is 5. The van der Waals surface area contributed by atoms with Crippen LogP contribution in [0.3, 0.4) is 0 Å². The minimum Gasteiger partial charge on any atom is -0.473 e. The Morgan fingerprint density at radius 1 is 1.12 bits per heavy atom. The topological polar surface area (TPSA) is 125 Å². The number of fused-ring (bicyclic) bond motifs is 1. The van der Waals surface area contributed by atoms with Crippen molar-refractivity contribution < 1.29 is 30.7 Å². The van der Waals surface area contributed by atoms with Crippen LogP contribution in [0.5, 0.6) is 5.88 Å². The van der Waals surface area contributed by atoms with Crippen molar-refractivity contribution in [2.45, 2.75) is 48.9 Å². The number of anilines is 2. The third-order valence-corrected chi connectivity index (χ3v) is 7.25.